The molecule has 2 aromatic rings. The van der Waals surface area contributed by atoms with Gasteiger partial charge in [0.25, 0.3) is 0 Å². The number of benzene rings is 1. The Kier molecular flexibility index (Phi) is 5.84. The molecule has 0 saturated carbocycles. The normalized spacial score (nSPS) is 15.1. The molecule has 0 aliphatic carbocycles. The van der Waals surface area contributed by atoms with Crippen molar-refractivity contribution in [2.24, 2.45) is 10.8 Å². The maximum absolute atomic E-state index is 9.26. The van der Waals surface area contributed by atoms with Crippen molar-refractivity contribution in [1.82, 2.24) is 10.3 Å². The van der Waals surface area contributed by atoms with E-state index >= 15 is 0 Å². The molecule has 0 atom stereocenters. The fourth-order valence-electron chi connectivity index (χ4n) is 2.92. The van der Waals surface area contributed by atoms with E-state index in [1.165, 1.54) is 0 Å². The highest BCUT2D eigenvalue weighted by Crippen LogP contribution is 2.21. The van der Waals surface area contributed by atoms with Gasteiger partial charge in [-0.25, -0.2) is 0 Å². The van der Waals surface area contributed by atoms with Crippen LogP contribution in [-0.4, -0.2) is 42.4 Å². The van der Waals surface area contributed by atoms with Gasteiger partial charge in [-0.1, -0.05) is 12.1 Å². The highest BCUT2D eigenvalue weighted by molar-refractivity contribution is 7.80. The smallest absolute Gasteiger partial charge is 0.184 e. The fraction of sp³-hybridized carbons (Fsp3) is 0.278. The third-order valence-electron chi connectivity index (χ3n) is 4.17. The summed E-state index contributed by atoms with van der Waals surface area (Å²) in [6.07, 6.45) is 1.54. The van der Waals surface area contributed by atoms with E-state index in [1.54, 1.807) is 6.21 Å². The zero-order chi connectivity index (χ0) is 18.4. The highest BCUT2D eigenvalue weighted by atomic mass is 32.1. The number of anilines is 1. The lowest BCUT2D eigenvalue weighted by atomic mass is 10.1. The van der Waals surface area contributed by atoms with Crippen molar-refractivity contribution in [3.8, 4) is 6.07 Å². The number of thiocarbonyl (C=S) groups is 1. The number of para-hydroxylation sites is 1. The minimum Gasteiger partial charge on any atom is -0.459 e. The van der Waals surface area contributed by atoms with Gasteiger partial charge in [0.05, 0.1) is 24.0 Å². The Bertz CT molecular complexity index is 832. The van der Waals surface area contributed by atoms with Gasteiger partial charge in [0.15, 0.2) is 5.11 Å². The zero-order valence-electron chi connectivity index (χ0n) is 14.3. The molecule has 1 aromatic heterocycles. The fourth-order valence-corrected chi connectivity index (χ4v) is 2.97. The monoisotopic (exact) mass is 368 g/mol. The van der Waals surface area contributed by atoms with Crippen molar-refractivity contribution >= 4 is 29.2 Å². The van der Waals surface area contributed by atoms with E-state index in [-0.39, 0.29) is 5.11 Å². The number of nitrogens with two attached hydrogens (primary N) is 1. The zero-order valence-corrected chi connectivity index (χ0v) is 15.1. The molecule has 0 radical (unpaired) electrons. The maximum Gasteiger partial charge on any atom is 0.184 e. The second kappa shape index (κ2) is 8.47. The molecule has 0 amide bonds. The summed E-state index contributed by atoms with van der Waals surface area (Å²) in [6, 6.07) is 13.8. The van der Waals surface area contributed by atoms with Crippen LogP contribution in [0.25, 0.3) is 0 Å². The van der Waals surface area contributed by atoms with Crippen molar-refractivity contribution in [3.05, 3.63) is 53.5 Å². The number of nitrogens with zero attached hydrogens (tertiary/aromatic N) is 4. The number of hydrogen-bond acceptors (Lipinski definition) is 6. The molecule has 1 aliphatic heterocycles. The standard InChI is InChI=1S/C18H20N6OS/c19-11-14-3-1-2-4-17(14)24-9-7-23(8-10-24)13-16-6-5-15(25-16)12-21-22-18(20)26/h1-6,12H,7-10,13H2,(H3,20,22,26). The molecule has 1 fully saturated rings. The van der Waals surface area contributed by atoms with Crippen LogP contribution in [0.1, 0.15) is 17.1 Å². The molecule has 134 valence electrons. The molecule has 8 heteroatoms. The van der Waals surface area contributed by atoms with E-state index in [2.05, 4.69) is 38.6 Å². The van der Waals surface area contributed by atoms with E-state index in [4.69, 9.17) is 10.2 Å². The molecular formula is C18H20N6OS. The number of nitriles is 1. The average Bonchev–Trinajstić information content (AvgIpc) is 3.09. The first-order valence-electron chi connectivity index (χ1n) is 8.29. The summed E-state index contributed by atoms with van der Waals surface area (Å²) in [7, 11) is 0. The average molecular weight is 368 g/mol. The number of nitrogens with one attached hydrogen (secondary N) is 1. The van der Waals surface area contributed by atoms with Gasteiger partial charge in [-0.3, -0.25) is 10.3 Å². The van der Waals surface area contributed by atoms with Crippen molar-refractivity contribution in [3.63, 3.8) is 0 Å². The lowest BCUT2D eigenvalue weighted by Gasteiger charge is -2.36. The quantitative estimate of drug-likeness (QED) is 0.471. The third kappa shape index (κ3) is 4.59. The van der Waals surface area contributed by atoms with E-state index < -0.39 is 0 Å². The van der Waals surface area contributed by atoms with Crippen molar-refractivity contribution < 1.29 is 4.42 Å². The molecule has 0 spiro atoms. The number of hydrazone groups is 1. The molecule has 7 nitrogen and oxygen atoms in total. The van der Waals surface area contributed by atoms with Crippen LogP contribution >= 0.6 is 12.2 Å². The van der Waals surface area contributed by atoms with E-state index in [0.29, 0.717) is 5.76 Å². The summed E-state index contributed by atoms with van der Waals surface area (Å²) in [5, 5.41) is 13.3. The van der Waals surface area contributed by atoms with Crippen LogP contribution in [0.15, 0.2) is 45.9 Å². The molecular weight excluding hydrogens is 348 g/mol. The van der Waals surface area contributed by atoms with Crippen LogP contribution in [-0.2, 0) is 6.54 Å². The summed E-state index contributed by atoms with van der Waals surface area (Å²) in [5.41, 5.74) is 9.53. The maximum atomic E-state index is 9.26. The molecule has 3 N–H and O–H groups in total. The SMILES string of the molecule is N#Cc1ccccc1N1CCN(Cc2ccc(C=NNC(N)=S)o2)CC1. The number of rotatable bonds is 5. The van der Waals surface area contributed by atoms with Crippen molar-refractivity contribution in [2.75, 3.05) is 31.1 Å². The van der Waals surface area contributed by atoms with Crippen LogP contribution in [0, 0.1) is 11.3 Å². The topological polar surface area (TPSA) is 93.8 Å². The Morgan fingerprint density at radius 3 is 2.77 bits per heavy atom. The minimum atomic E-state index is 0.115. The summed E-state index contributed by atoms with van der Waals surface area (Å²) < 4.78 is 5.74. The summed E-state index contributed by atoms with van der Waals surface area (Å²) in [4.78, 5) is 4.59. The Balaban J connectivity index is 1.53. The molecule has 26 heavy (non-hydrogen) atoms. The Morgan fingerprint density at radius 1 is 1.27 bits per heavy atom. The minimum absolute atomic E-state index is 0.115. The predicted molar refractivity (Wildman–Crippen MR) is 105 cm³/mol. The molecule has 1 saturated heterocycles. The molecule has 3 rings (SSSR count). The first-order chi connectivity index (χ1) is 12.7. The number of hydrogen-bond donors (Lipinski definition) is 2. The lowest BCUT2D eigenvalue weighted by molar-refractivity contribution is 0.230. The van der Waals surface area contributed by atoms with Gasteiger partial charge in [0.1, 0.15) is 17.6 Å². The Hall–Kier alpha value is -2.89. The van der Waals surface area contributed by atoms with E-state index in [9.17, 15) is 5.26 Å². The van der Waals surface area contributed by atoms with Gasteiger partial charge >= 0.3 is 0 Å². The van der Waals surface area contributed by atoms with Crippen LogP contribution in [0.3, 0.4) is 0 Å². The van der Waals surface area contributed by atoms with Gasteiger partial charge in [0, 0.05) is 26.2 Å². The van der Waals surface area contributed by atoms with E-state index in [1.807, 2.05) is 36.4 Å². The van der Waals surface area contributed by atoms with E-state index in [0.717, 1.165) is 49.7 Å². The first kappa shape index (κ1) is 17.9. The van der Waals surface area contributed by atoms with Crippen LogP contribution in [0.5, 0.6) is 0 Å². The third-order valence-corrected chi connectivity index (χ3v) is 4.26. The van der Waals surface area contributed by atoms with Gasteiger partial charge in [0.2, 0.25) is 0 Å². The lowest BCUT2D eigenvalue weighted by Crippen LogP contribution is -2.46. The Morgan fingerprint density at radius 2 is 2.04 bits per heavy atom. The first-order valence-corrected chi connectivity index (χ1v) is 8.70. The van der Waals surface area contributed by atoms with Crippen LogP contribution in [0.2, 0.25) is 0 Å². The van der Waals surface area contributed by atoms with Crippen LogP contribution < -0.4 is 16.1 Å². The highest BCUT2D eigenvalue weighted by Gasteiger charge is 2.19. The molecule has 1 aliphatic rings. The summed E-state index contributed by atoms with van der Waals surface area (Å²) in [5.74, 6) is 1.53. The van der Waals surface area contributed by atoms with Gasteiger partial charge in [-0.05, 0) is 36.5 Å². The number of furan rings is 1. The van der Waals surface area contributed by atoms with Gasteiger partial charge < -0.3 is 15.1 Å². The second-order valence-corrected chi connectivity index (χ2v) is 6.37. The van der Waals surface area contributed by atoms with Gasteiger partial charge in [-0.2, -0.15) is 10.4 Å². The van der Waals surface area contributed by atoms with Crippen molar-refractivity contribution in [2.45, 2.75) is 6.54 Å². The Labute approximate surface area is 157 Å². The predicted octanol–water partition coefficient (Wildman–Crippen LogP) is 1.64. The van der Waals surface area contributed by atoms with Crippen LogP contribution in [0.4, 0.5) is 5.69 Å². The molecule has 2 heterocycles. The van der Waals surface area contributed by atoms with Crippen molar-refractivity contribution in [1.29, 1.82) is 5.26 Å². The molecule has 1 aromatic carbocycles. The van der Waals surface area contributed by atoms with Gasteiger partial charge in [-0.15, -0.1) is 0 Å². The molecule has 0 unspecified atom stereocenters. The largest absolute Gasteiger partial charge is 0.459 e. The number of piperazine rings is 1. The molecule has 0 bridgehead atoms. The summed E-state index contributed by atoms with van der Waals surface area (Å²) in [6.45, 7) is 4.32. The summed E-state index contributed by atoms with van der Waals surface area (Å²) >= 11 is 4.68. The second-order valence-electron chi connectivity index (χ2n) is 5.93.